The molecule has 30 heavy (non-hydrogen) atoms. The van der Waals surface area contributed by atoms with Gasteiger partial charge in [-0.2, -0.15) is 0 Å². The lowest BCUT2D eigenvalue weighted by atomic mass is 9.65. The Morgan fingerprint density at radius 2 is 1.73 bits per heavy atom. The standard InChI is InChI=1S/C23H27N5O2/c1-27-13-12-24-21(27)23(29)18-4-2-5-19(23)16-28(15-18)14-17-6-8-20(9-7-17)30-22-25-10-3-11-26-22/h3,6-13,18-19,29H,2,4-5,14-16H2,1H3/t18-,19-/m0/s1. The van der Waals surface area contributed by atoms with Crippen LogP contribution in [0.3, 0.4) is 0 Å². The third-order valence-corrected chi connectivity index (χ3v) is 6.57. The van der Waals surface area contributed by atoms with Crippen molar-refractivity contribution < 1.29 is 9.84 Å². The van der Waals surface area contributed by atoms with E-state index >= 15 is 0 Å². The molecule has 1 saturated carbocycles. The number of benzene rings is 1. The van der Waals surface area contributed by atoms with Gasteiger partial charge < -0.3 is 14.4 Å². The Morgan fingerprint density at radius 1 is 1.03 bits per heavy atom. The quantitative estimate of drug-likeness (QED) is 0.703. The molecule has 0 spiro atoms. The Balaban J connectivity index is 1.28. The van der Waals surface area contributed by atoms with Crippen LogP contribution in [0.4, 0.5) is 0 Å². The molecule has 0 unspecified atom stereocenters. The van der Waals surface area contributed by atoms with Gasteiger partial charge in [0, 0.05) is 63.3 Å². The number of likely N-dealkylation sites (tertiary alicyclic amines) is 1. The van der Waals surface area contributed by atoms with Crippen LogP contribution in [0.2, 0.25) is 0 Å². The Morgan fingerprint density at radius 3 is 2.37 bits per heavy atom. The lowest BCUT2D eigenvalue weighted by molar-refractivity contribution is -0.155. The summed E-state index contributed by atoms with van der Waals surface area (Å²) in [5.41, 5.74) is 0.414. The number of hydrogen-bond acceptors (Lipinski definition) is 6. The van der Waals surface area contributed by atoms with Crippen LogP contribution in [0.25, 0.3) is 0 Å². The lowest BCUT2D eigenvalue weighted by Crippen LogP contribution is -2.58. The van der Waals surface area contributed by atoms with Crippen molar-refractivity contribution in [3.8, 4) is 11.8 Å². The summed E-state index contributed by atoms with van der Waals surface area (Å²) in [4.78, 5) is 15.2. The molecule has 2 aromatic heterocycles. The Bertz CT molecular complexity index is 974. The molecule has 2 aliphatic rings. The van der Waals surface area contributed by atoms with Crippen molar-refractivity contribution in [1.82, 2.24) is 24.4 Å². The second-order valence-electron chi connectivity index (χ2n) is 8.48. The average molecular weight is 406 g/mol. The second kappa shape index (κ2) is 7.81. The molecule has 2 fully saturated rings. The van der Waals surface area contributed by atoms with E-state index in [1.807, 2.05) is 29.9 Å². The van der Waals surface area contributed by atoms with Gasteiger partial charge in [0.1, 0.15) is 17.2 Å². The number of aliphatic hydroxyl groups is 1. The first kappa shape index (κ1) is 19.2. The van der Waals surface area contributed by atoms with Gasteiger partial charge in [0.15, 0.2) is 0 Å². The van der Waals surface area contributed by atoms with Crippen molar-refractivity contribution in [2.75, 3.05) is 13.1 Å². The van der Waals surface area contributed by atoms with E-state index in [2.05, 4.69) is 32.0 Å². The third-order valence-electron chi connectivity index (χ3n) is 6.57. The smallest absolute Gasteiger partial charge is 0.321 e. The molecule has 1 aliphatic carbocycles. The number of aromatic nitrogens is 4. The van der Waals surface area contributed by atoms with Gasteiger partial charge in [0.25, 0.3) is 0 Å². The summed E-state index contributed by atoms with van der Waals surface area (Å²) in [6.45, 7) is 2.64. The molecule has 2 bridgehead atoms. The van der Waals surface area contributed by atoms with Crippen LogP contribution in [0, 0.1) is 11.8 Å². The van der Waals surface area contributed by atoms with Gasteiger partial charge in [-0.05, 0) is 36.6 Å². The average Bonchev–Trinajstić information content (AvgIpc) is 3.18. The minimum absolute atomic E-state index is 0.212. The van der Waals surface area contributed by atoms with E-state index in [1.165, 1.54) is 12.0 Å². The molecule has 0 radical (unpaired) electrons. The highest BCUT2D eigenvalue weighted by molar-refractivity contribution is 5.29. The third kappa shape index (κ3) is 3.48. The summed E-state index contributed by atoms with van der Waals surface area (Å²) < 4.78 is 7.67. The zero-order chi connectivity index (χ0) is 20.6. The molecule has 156 valence electrons. The SMILES string of the molecule is Cn1ccnc1C1(O)[C@H]2CCC[C@H]1CN(Cc1ccc(Oc3ncccn3)cc1)C2. The molecular formula is C23H27N5O2. The molecule has 1 aliphatic heterocycles. The van der Waals surface area contributed by atoms with Gasteiger partial charge in [-0.3, -0.25) is 4.90 Å². The van der Waals surface area contributed by atoms with Crippen LogP contribution in [0.15, 0.2) is 55.1 Å². The summed E-state index contributed by atoms with van der Waals surface area (Å²) in [5, 5.41) is 11.7. The molecule has 7 nitrogen and oxygen atoms in total. The number of piperidine rings is 1. The van der Waals surface area contributed by atoms with E-state index in [-0.39, 0.29) is 11.8 Å². The fourth-order valence-electron chi connectivity index (χ4n) is 5.15. The van der Waals surface area contributed by atoms with E-state index in [4.69, 9.17) is 4.74 Å². The van der Waals surface area contributed by atoms with E-state index < -0.39 is 5.60 Å². The first-order valence-corrected chi connectivity index (χ1v) is 10.6. The van der Waals surface area contributed by atoms with Crippen LogP contribution in [0.5, 0.6) is 11.8 Å². The van der Waals surface area contributed by atoms with Crippen molar-refractivity contribution in [2.24, 2.45) is 18.9 Å². The first-order valence-electron chi connectivity index (χ1n) is 10.6. The maximum atomic E-state index is 11.7. The van der Waals surface area contributed by atoms with Crippen LogP contribution in [-0.4, -0.2) is 42.6 Å². The Hall–Kier alpha value is -2.77. The van der Waals surface area contributed by atoms with Crippen LogP contribution >= 0.6 is 0 Å². The largest absolute Gasteiger partial charge is 0.424 e. The summed E-state index contributed by atoms with van der Waals surface area (Å²) in [5.74, 6) is 1.97. The van der Waals surface area contributed by atoms with Crippen molar-refractivity contribution in [2.45, 2.75) is 31.4 Å². The number of hydrogen-bond donors (Lipinski definition) is 1. The summed E-state index contributed by atoms with van der Waals surface area (Å²) in [6, 6.07) is 10.2. The first-order chi connectivity index (χ1) is 14.6. The predicted octanol–water partition coefficient (Wildman–Crippen LogP) is 3.12. The predicted molar refractivity (Wildman–Crippen MR) is 112 cm³/mol. The zero-order valence-electron chi connectivity index (χ0n) is 17.2. The van der Waals surface area contributed by atoms with Crippen molar-refractivity contribution in [3.05, 3.63) is 66.5 Å². The normalized spacial score (nSPS) is 26.5. The van der Waals surface area contributed by atoms with Gasteiger partial charge >= 0.3 is 6.01 Å². The van der Waals surface area contributed by atoms with Gasteiger partial charge in [0.05, 0.1) is 0 Å². The number of nitrogens with zero attached hydrogens (tertiary/aromatic N) is 5. The second-order valence-corrected chi connectivity index (χ2v) is 8.48. The molecule has 2 atom stereocenters. The van der Waals surface area contributed by atoms with Crippen molar-refractivity contribution >= 4 is 0 Å². The monoisotopic (exact) mass is 405 g/mol. The minimum atomic E-state index is -0.819. The van der Waals surface area contributed by atoms with Gasteiger partial charge in [-0.1, -0.05) is 18.6 Å². The molecule has 3 aromatic rings. The molecule has 0 amide bonds. The highest BCUT2D eigenvalue weighted by Gasteiger charge is 2.53. The Labute approximate surface area is 176 Å². The highest BCUT2D eigenvalue weighted by Crippen LogP contribution is 2.48. The lowest BCUT2D eigenvalue weighted by Gasteiger charge is -2.52. The summed E-state index contributed by atoms with van der Waals surface area (Å²) >= 11 is 0. The molecule has 1 saturated heterocycles. The summed E-state index contributed by atoms with van der Waals surface area (Å²) in [6.07, 6.45) is 10.3. The number of rotatable bonds is 5. The fourth-order valence-corrected chi connectivity index (χ4v) is 5.15. The Kier molecular flexibility index (Phi) is 5.00. The fraction of sp³-hybridized carbons (Fsp3) is 0.435. The van der Waals surface area contributed by atoms with E-state index in [0.29, 0.717) is 6.01 Å². The number of imidazole rings is 1. The van der Waals surface area contributed by atoms with Gasteiger partial charge in [-0.15, -0.1) is 0 Å². The summed E-state index contributed by atoms with van der Waals surface area (Å²) in [7, 11) is 1.98. The number of aryl methyl sites for hydroxylation is 1. The maximum Gasteiger partial charge on any atom is 0.321 e. The zero-order valence-corrected chi connectivity index (χ0v) is 17.2. The molecular weight excluding hydrogens is 378 g/mol. The number of fused-ring (bicyclic) bond motifs is 2. The van der Waals surface area contributed by atoms with Gasteiger partial charge in [-0.25, -0.2) is 15.0 Å². The van der Waals surface area contributed by atoms with E-state index in [9.17, 15) is 5.11 Å². The molecule has 1 N–H and O–H groups in total. The van der Waals surface area contributed by atoms with Crippen molar-refractivity contribution in [1.29, 1.82) is 0 Å². The van der Waals surface area contributed by atoms with Crippen molar-refractivity contribution in [3.63, 3.8) is 0 Å². The van der Waals surface area contributed by atoms with Gasteiger partial charge in [0.2, 0.25) is 0 Å². The van der Waals surface area contributed by atoms with E-state index in [0.717, 1.165) is 44.0 Å². The molecule has 7 heteroatoms. The van der Waals surface area contributed by atoms with Crippen LogP contribution < -0.4 is 4.74 Å². The van der Waals surface area contributed by atoms with Crippen LogP contribution in [0.1, 0.15) is 30.7 Å². The number of ether oxygens (including phenoxy) is 1. The van der Waals surface area contributed by atoms with E-state index in [1.54, 1.807) is 24.7 Å². The molecule has 1 aromatic carbocycles. The highest BCUT2D eigenvalue weighted by atomic mass is 16.5. The molecule has 5 rings (SSSR count). The minimum Gasteiger partial charge on any atom is -0.424 e. The topological polar surface area (TPSA) is 76.3 Å². The van der Waals surface area contributed by atoms with Crippen LogP contribution in [-0.2, 0) is 19.2 Å². The molecule has 3 heterocycles. The maximum absolute atomic E-state index is 11.7.